The van der Waals surface area contributed by atoms with Gasteiger partial charge in [-0.1, -0.05) is 18.2 Å². The van der Waals surface area contributed by atoms with Gasteiger partial charge in [-0.15, -0.1) is 11.8 Å². The lowest BCUT2D eigenvalue weighted by Gasteiger charge is -2.11. The molecule has 2 aromatic rings. The first kappa shape index (κ1) is 10.8. The summed E-state index contributed by atoms with van der Waals surface area (Å²) in [6.07, 6.45) is 1.58. The Morgan fingerprint density at radius 2 is 2.29 bits per heavy atom. The molecule has 0 spiro atoms. The van der Waals surface area contributed by atoms with Crippen molar-refractivity contribution in [3.63, 3.8) is 0 Å². The number of hydrogen-bond acceptors (Lipinski definition) is 4. The van der Waals surface area contributed by atoms with Crippen molar-refractivity contribution in [1.29, 1.82) is 0 Å². The van der Waals surface area contributed by atoms with Crippen molar-refractivity contribution in [3.05, 3.63) is 42.0 Å². The topological polar surface area (TPSA) is 56.7 Å². The van der Waals surface area contributed by atoms with Gasteiger partial charge in [0.05, 0.1) is 13.1 Å². The zero-order chi connectivity index (χ0) is 11.7. The van der Waals surface area contributed by atoms with Crippen LogP contribution in [-0.2, 0) is 13.1 Å². The summed E-state index contributed by atoms with van der Waals surface area (Å²) in [6.45, 7) is 1.32. The molecule has 1 unspecified atom stereocenters. The smallest absolute Gasteiger partial charge is 0.140 e. The summed E-state index contributed by atoms with van der Waals surface area (Å²) in [7, 11) is 0. The van der Waals surface area contributed by atoms with Gasteiger partial charge in [-0.25, -0.2) is 9.67 Å². The van der Waals surface area contributed by atoms with Crippen LogP contribution in [0.2, 0.25) is 0 Å². The highest BCUT2D eigenvalue weighted by Crippen LogP contribution is 2.39. The number of nitrogens with zero attached hydrogens (tertiary/aromatic N) is 3. The van der Waals surface area contributed by atoms with Crippen LogP contribution < -0.4 is 5.73 Å². The molecule has 0 bridgehead atoms. The lowest BCUT2D eigenvalue weighted by atomic mass is 10.0. The highest BCUT2D eigenvalue weighted by Gasteiger charge is 2.23. The predicted molar refractivity (Wildman–Crippen MR) is 67.8 cm³/mol. The molecule has 5 heteroatoms. The summed E-state index contributed by atoms with van der Waals surface area (Å²) in [6, 6.07) is 8.59. The largest absolute Gasteiger partial charge is 0.324 e. The predicted octanol–water partition coefficient (Wildman–Crippen LogP) is 1.63. The zero-order valence-electron chi connectivity index (χ0n) is 9.41. The standard InChI is InChI=1S/C12H14N4S/c13-5-12-14-8-15-16(12)6-9-7-17-11-4-2-1-3-10(9)11/h1-4,8-9H,5-7,13H2. The van der Waals surface area contributed by atoms with Crippen LogP contribution in [0.3, 0.4) is 0 Å². The van der Waals surface area contributed by atoms with Gasteiger partial charge in [-0.05, 0) is 11.6 Å². The van der Waals surface area contributed by atoms with E-state index in [-0.39, 0.29) is 0 Å². The SMILES string of the molecule is NCc1ncnn1CC1CSc2ccccc21. The summed E-state index contributed by atoms with van der Waals surface area (Å²) < 4.78 is 1.92. The third-order valence-corrected chi connectivity index (χ3v) is 4.32. The molecule has 1 aromatic heterocycles. The van der Waals surface area contributed by atoms with Gasteiger partial charge in [0.1, 0.15) is 12.2 Å². The van der Waals surface area contributed by atoms with Crippen LogP contribution in [-0.4, -0.2) is 20.5 Å². The van der Waals surface area contributed by atoms with Crippen LogP contribution in [0, 0.1) is 0 Å². The van der Waals surface area contributed by atoms with Gasteiger partial charge in [0.25, 0.3) is 0 Å². The molecule has 0 aliphatic carbocycles. The number of aromatic nitrogens is 3. The van der Waals surface area contributed by atoms with Crippen LogP contribution in [0.25, 0.3) is 0 Å². The van der Waals surface area contributed by atoms with Crippen LogP contribution >= 0.6 is 11.8 Å². The Morgan fingerprint density at radius 1 is 1.41 bits per heavy atom. The monoisotopic (exact) mass is 246 g/mol. The summed E-state index contributed by atoms with van der Waals surface area (Å²) in [5, 5.41) is 4.24. The van der Waals surface area contributed by atoms with E-state index < -0.39 is 0 Å². The molecule has 1 atom stereocenters. The van der Waals surface area contributed by atoms with Gasteiger partial charge in [0.2, 0.25) is 0 Å². The van der Waals surface area contributed by atoms with E-state index in [4.69, 9.17) is 5.73 Å². The van der Waals surface area contributed by atoms with Crippen LogP contribution in [0.15, 0.2) is 35.5 Å². The fraction of sp³-hybridized carbons (Fsp3) is 0.333. The van der Waals surface area contributed by atoms with Gasteiger partial charge in [0, 0.05) is 16.6 Å². The second-order valence-electron chi connectivity index (χ2n) is 4.11. The second kappa shape index (κ2) is 4.50. The zero-order valence-corrected chi connectivity index (χ0v) is 10.2. The normalized spacial score (nSPS) is 18.3. The molecular weight excluding hydrogens is 232 g/mol. The first-order valence-corrected chi connectivity index (χ1v) is 6.65. The average molecular weight is 246 g/mol. The Hall–Kier alpha value is -1.33. The number of rotatable bonds is 3. The Morgan fingerprint density at radius 3 is 3.18 bits per heavy atom. The van der Waals surface area contributed by atoms with Gasteiger partial charge in [-0.3, -0.25) is 0 Å². The first-order valence-electron chi connectivity index (χ1n) is 5.67. The van der Waals surface area contributed by atoms with Crippen LogP contribution in [0.1, 0.15) is 17.3 Å². The van der Waals surface area contributed by atoms with Gasteiger partial charge in [-0.2, -0.15) is 5.10 Å². The number of fused-ring (bicyclic) bond motifs is 1. The van der Waals surface area contributed by atoms with Crippen molar-refractivity contribution in [2.75, 3.05) is 5.75 Å². The number of thioether (sulfide) groups is 1. The van der Waals surface area contributed by atoms with Gasteiger partial charge < -0.3 is 5.73 Å². The number of hydrogen-bond donors (Lipinski definition) is 1. The third-order valence-electron chi connectivity index (χ3n) is 3.07. The van der Waals surface area contributed by atoms with Crippen molar-refractivity contribution in [2.24, 2.45) is 5.73 Å². The lowest BCUT2D eigenvalue weighted by molar-refractivity contribution is 0.525. The molecule has 3 rings (SSSR count). The summed E-state index contributed by atoms with van der Waals surface area (Å²) in [5.74, 6) is 2.49. The van der Waals surface area contributed by atoms with E-state index in [2.05, 4.69) is 34.3 Å². The van der Waals surface area contributed by atoms with Crippen molar-refractivity contribution < 1.29 is 0 Å². The Labute approximate surface area is 104 Å². The minimum Gasteiger partial charge on any atom is -0.324 e. The molecule has 2 N–H and O–H groups in total. The quantitative estimate of drug-likeness (QED) is 0.894. The molecular formula is C12H14N4S. The van der Waals surface area contributed by atoms with E-state index in [0.717, 1.165) is 18.1 Å². The minimum absolute atomic E-state index is 0.446. The van der Waals surface area contributed by atoms with E-state index in [1.54, 1.807) is 6.33 Å². The van der Waals surface area contributed by atoms with Crippen molar-refractivity contribution in [2.45, 2.75) is 23.9 Å². The molecule has 2 heterocycles. The Balaban J connectivity index is 1.84. The lowest BCUT2D eigenvalue weighted by Crippen LogP contribution is -2.15. The van der Waals surface area contributed by atoms with Gasteiger partial charge >= 0.3 is 0 Å². The average Bonchev–Trinajstić information content (AvgIpc) is 2.97. The van der Waals surface area contributed by atoms with Crippen molar-refractivity contribution >= 4 is 11.8 Å². The molecule has 1 aliphatic heterocycles. The van der Waals surface area contributed by atoms with E-state index in [9.17, 15) is 0 Å². The molecule has 17 heavy (non-hydrogen) atoms. The van der Waals surface area contributed by atoms with Gasteiger partial charge in [0.15, 0.2) is 0 Å². The maximum atomic E-state index is 5.64. The van der Waals surface area contributed by atoms with Crippen LogP contribution in [0.4, 0.5) is 0 Å². The molecule has 0 fully saturated rings. The molecule has 1 aromatic carbocycles. The molecule has 0 saturated carbocycles. The molecule has 0 saturated heterocycles. The highest BCUT2D eigenvalue weighted by molar-refractivity contribution is 7.99. The second-order valence-corrected chi connectivity index (χ2v) is 5.17. The molecule has 4 nitrogen and oxygen atoms in total. The maximum absolute atomic E-state index is 5.64. The van der Waals surface area contributed by atoms with Crippen molar-refractivity contribution in [1.82, 2.24) is 14.8 Å². The maximum Gasteiger partial charge on any atom is 0.140 e. The van der Waals surface area contributed by atoms with E-state index in [1.807, 2.05) is 16.4 Å². The highest BCUT2D eigenvalue weighted by atomic mass is 32.2. The minimum atomic E-state index is 0.446. The third kappa shape index (κ3) is 1.96. The molecule has 0 amide bonds. The molecule has 88 valence electrons. The fourth-order valence-corrected chi connectivity index (χ4v) is 3.43. The first-order chi connectivity index (χ1) is 8.38. The number of benzene rings is 1. The Bertz CT molecular complexity index is 523. The van der Waals surface area contributed by atoms with E-state index in [0.29, 0.717) is 12.5 Å². The molecule has 1 aliphatic rings. The van der Waals surface area contributed by atoms with Crippen molar-refractivity contribution in [3.8, 4) is 0 Å². The molecule has 0 radical (unpaired) electrons. The fourth-order valence-electron chi connectivity index (χ4n) is 2.19. The summed E-state index contributed by atoms with van der Waals surface area (Å²) in [4.78, 5) is 5.55. The van der Waals surface area contributed by atoms with E-state index >= 15 is 0 Å². The van der Waals surface area contributed by atoms with Crippen LogP contribution in [0.5, 0.6) is 0 Å². The Kier molecular flexibility index (Phi) is 2.86. The summed E-state index contributed by atoms with van der Waals surface area (Å²) >= 11 is 1.92. The van der Waals surface area contributed by atoms with E-state index in [1.165, 1.54) is 10.5 Å². The number of nitrogens with two attached hydrogens (primary N) is 1. The summed E-state index contributed by atoms with van der Waals surface area (Å²) in [5.41, 5.74) is 7.06.